The summed E-state index contributed by atoms with van der Waals surface area (Å²) < 4.78 is 11.0. The van der Waals surface area contributed by atoms with E-state index in [0.717, 1.165) is 6.42 Å². The van der Waals surface area contributed by atoms with Crippen LogP contribution in [0.25, 0.3) is 0 Å². The summed E-state index contributed by atoms with van der Waals surface area (Å²) >= 11 is 11.8. The van der Waals surface area contributed by atoms with Gasteiger partial charge in [0.05, 0.1) is 17.3 Å². The van der Waals surface area contributed by atoms with E-state index in [9.17, 15) is 4.79 Å². The van der Waals surface area contributed by atoms with Crippen molar-refractivity contribution in [3.8, 4) is 11.5 Å². The van der Waals surface area contributed by atoms with Crippen molar-refractivity contribution >= 4 is 34.8 Å². The molecule has 6 heteroatoms. The first-order valence-electron chi connectivity index (χ1n) is 7.19. The summed E-state index contributed by atoms with van der Waals surface area (Å²) in [6.07, 6.45) is 0.889. The molecule has 1 N–H and O–H groups in total. The van der Waals surface area contributed by atoms with Crippen molar-refractivity contribution in [3.63, 3.8) is 0 Å². The average Bonchev–Trinajstić information content (AvgIpc) is 2.53. The van der Waals surface area contributed by atoms with Crippen molar-refractivity contribution in [1.82, 2.24) is 0 Å². The van der Waals surface area contributed by atoms with Gasteiger partial charge in [0.1, 0.15) is 11.5 Å². The lowest BCUT2D eigenvalue weighted by atomic mass is 10.3. The van der Waals surface area contributed by atoms with E-state index in [1.165, 1.54) is 0 Å². The topological polar surface area (TPSA) is 47.6 Å². The number of carbonyl (C=O) groups excluding carboxylic acids is 1. The zero-order valence-corrected chi connectivity index (χ0v) is 14.2. The zero-order chi connectivity index (χ0) is 16.7. The lowest BCUT2D eigenvalue weighted by Crippen LogP contribution is -2.20. The second-order valence-electron chi connectivity index (χ2n) is 4.76. The summed E-state index contributed by atoms with van der Waals surface area (Å²) in [7, 11) is 0. The third-order valence-electron chi connectivity index (χ3n) is 2.88. The highest BCUT2D eigenvalue weighted by Crippen LogP contribution is 2.28. The van der Waals surface area contributed by atoms with Crippen molar-refractivity contribution in [3.05, 3.63) is 52.5 Å². The van der Waals surface area contributed by atoms with E-state index >= 15 is 0 Å². The number of rotatable bonds is 7. The summed E-state index contributed by atoms with van der Waals surface area (Å²) in [4.78, 5) is 12.0. The van der Waals surface area contributed by atoms with Gasteiger partial charge in [0.25, 0.3) is 5.91 Å². The fourth-order valence-corrected chi connectivity index (χ4v) is 2.29. The van der Waals surface area contributed by atoms with Crippen molar-refractivity contribution in [2.24, 2.45) is 0 Å². The summed E-state index contributed by atoms with van der Waals surface area (Å²) in [6, 6.07) is 12.1. The first kappa shape index (κ1) is 17.4. The monoisotopic (exact) mass is 353 g/mol. The fraction of sp³-hybridized carbons (Fsp3) is 0.235. The number of halogens is 2. The number of anilines is 1. The number of para-hydroxylation sites is 2. The molecule has 0 atom stereocenters. The Morgan fingerprint density at radius 1 is 1.09 bits per heavy atom. The Kier molecular flexibility index (Phi) is 6.56. The highest BCUT2D eigenvalue weighted by molar-refractivity contribution is 6.35. The quantitative estimate of drug-likeness (QED) is 0.777. The summed E-state index contributed by atoms with van der Waals surface area (Å²) in [5.74, 6) is 0.734. The van der Waals surface area contributed by atoms with Gasteiger partial charge in [-0.05, 0) is 36.8 Å². The average molecular weight is 354 g/mol. The Morgan fingerprint density at radius 3 is 2.61 bits per heavy atom. The third-order valence-corrected chi connectivity index (χ3v) is 3.41. The predicted molar refractivity (Wildman–Crippen MR) is 92.8 cm³/mol. The number of carbonyl (C=O) groups is 1. The Balaban J connectivity index is 1.94. The van der Waals surface area contributed by atoms with E-state index < -0.39 is 0 Å². The minimum atomic E-state index is -0.302. The van der Waals surface area contributed by atoms with Gasteiger partial charge in [-0.15, -0.1) is 0 Å². The van der Waals surface area contributed by atoms with Crippen molar-refractivity contribution in [2.75, 3.05) is 18.5 Å². The smallest absolute Gasteiger partial charge is 0.262 e. The van der Waals surface area contributed by atoms with Gasteiger partial charge in [-0.1, -0.05) is 42.3 Å². The number of benzene rings is 2. The lowest BCUT2D eigenvalue weighted by Gasteiger charge is -2.12. The highest BCUT2D eigenvalue weighted by atomic mass is 35.5. The molecule has 0 saturated heterocycles. The third kappa shape index (κ3) is 5.34. The molecule has 1 amide bonds. The number of ether oxygens (including phenoxy) is 2. The lowest BCUT2D eigenvalue weighted by molar-refractivity contribution is -0.118. The van der Waals surface area contributed by atoms with Crippen molar-refractivity contribution in [1.29, 1.82) is 0 Å². The van der Waals surface area contributed by atoms with Gasteiger partial charge < -0.3 is 14.8 Å². The molecule has 23 heavy (non-hydrogen) atoms. The Morgan fingerprint density at radius 2 is 1.87 bits per heavy atom. The zero-order valence-electron chi connectivity index (χ0n) is 12.6. The number of hydrogen-bond donors (Lipinski definition) is 1. The molecule has 122 valence electrons. The molecular weight excluding hydrogens is 337 g/mol. The molecule has 0 saturated carbocycles. The fourth-order valence-electron chi connectivity index (χ4n) is 1.83. The predicted octanol–water partition coefficient (Wildman–Crippen LogP) is 4.80. The van der Waals surface area contributed by atoms with Crippen LogP contribution in [0.3, 0.4) is 0 Å². The van der Waals surface area contributed by atoms with Gasteiger partial charge in [0.2, 0.25) is 0 Å². The maximum absolute atomic E-state index is 12.0. The standard InChI is InChI=1S/C17H17Cl2NO3/c1-2-9-22-16-6-4-3-5-14(16)20-17(21)11-23-15-8-7-12(18)10-13(15)19/h3-8,10H,2,9,11H2,1H3,(H,20,21). The second-order valence-corrected chi connectivity index (χ2v) is 5.60. The van der Waals surface area contributed by atoms with Gasteiger partial charge in [-0.3, -0.25) is 4.79 Å². The highest BCUT2D eigenvalue weighted by Gasteiger charge is 2.09. The van der Waals surface area contributed by atoms with Gasteiger partial charge >= 0.3 is 0 Å². The van der Waals surface area contributed by atoms with Crippen LogP contribution >= 0.6 is 23.2 Å². The van der Waals surface area contributed by atoms with Gasteiger partial charge in [-0.25, -0.2) is 0 Å². The number of amides is 1. The Bertz CT molecular complexity index is 677. The SMILES string of the molecule is CCCOc1ccccc1NC(=O)COc1ccc(Cl)cc1Cl. The van der Waals surface area contributed by atoms with Gasteiger partial charge in [0.15, 0.2) is 6.61 Å². The van der Waals surface area contributed by atoms with Gasteiger partial charge in [0, 0.05) is 5.02 Å². The maximum atomic E-state index is 12.0. The second kappa shape index (κ2) is 8.65. The largest absolute Gasteiger partial charge is 0.491 e. The molecule has 4 nitrogen and oxygen atoms in total. The first-order valence-corrected chi connectivity index (χ1v) is 7.95. The first-order chi connectivity index (χ1) is 11.1. The summed E-state index contributed by atoms with van der Waals surface area (Å²) in [6.45, 7) is 2.44. The van der Waals surface area contributed by atoms with Crippen LogP contribution < -0.4 is 14.8 Å². The number of hydrogen-bond acceptors (Lipinski definition) is 3. The van der Waals surface area contributed by atoms with Crippen LogP contribution in [0.5, 0.6) is 11.5 Å². The molecule has 2 rings (SSSR count). The molecule has 2 aromatic carbocycles. The molecule has 0 heterocycles. The minimum absolute atomic E-state index is 0.163. The van der Waals surface area contributed by atoms with E-state index in [-0.39, 0.29) is 12.5 Å². The molecule has 0 radical (unpaired) electrons. The van der Waals surface area contributed by atoms with Crippen LogP contribution in [0.1, 0.15) is 13.3 Å². The molecule has 0 aliphatic heterocycles. The normalized spacial score (nSPS) is 10.2. The van der Waals surface area contributed by atoms with Crippen LogP contribution in [0, 0.1) is 0 Å². The van der Waals surface area contributed by atoms with E-state index in [0.29, 0.717) is 33.8 Å². The van der Waals surface area contributed by atoms with Crippen molar-refractivity contribution < 1.29 is 14.3 Å². The van der Waals surface area contributed by atoms with Crippen LogP contribution in [0.15, 0.2) is 42.5 Å². The van der Waals surface area contributed by atoms with Crippen LogP contribution in [-0.2, 0) is 4.79 Å². The molecule has 0 spiro atoms. The molecular formula is C17H17Cl2NO3. The Labute approximate surface area is 145 Å². The molecule has 0 bridgehead atoms. The number of nitrogens with one attached hydrogen (secondary N) is 1. The summed E-state index contributed by atoms with van der Waals surface area (Å²) in [5, 5.41) is 3.63. The molecule has 0 aliphatic carbocycles. The van der Waals surface area contributed by atoms with E-state index in [1.54, 1.807) is 24.3 Å². The molecule has 0 fully saturated rings. The molecule has 0 aliphatic rings. The van der Waals surface area contributed by atoms with E-state index in [1.807, 2.05) is 25.1 Å². The molecule has 0 aromatic heterocycles. The summed E-state index contributed by atoms with van der Waals surface area (Å²) in [5.41, 5.74) is 0.608. The van der Waals surface area contributed by atoms with Crippen LogP contribution in [-0.4, -0.2) is 19.1 Å². The van der Waals surface area contributed by atoms with Crippen LogP contribution in [0.4, 0.5) is 5.69 Å². The molecule has 2 aromatic rings. The van der Waals surface area contributed by atoms with Gasteiger partial charge in [-0.2, -0.15) is 0 Å². The minimum Gasteiger partial charge on any atom is -0.491 e. The van der Waals surface area contributed by atoms with E-state index in [2.05, 4.69) is 5.32 Å². The Hall–Kier alpha value is -1.91. The van der Waals surface area contributed by atoms with Crippen LogP contribution in [0.2, 0.25) is 10.0 Å². The van der Waals surface area contributed by atoms with E-state index in [4.69, 9.17) is 32.7 Å². The molecule has 0 unspecified atom stereocenters. The maximum Gasteiger partial charge on any atom is 0.262 e. The van der Waals surface area contributed by atoms with Crippen molar-refractivity contribution in [2.45, 2.75) is 13.3 Å².